The highest BCUT2D eigenvalue weighted by molar-refractivity contribution is 6.02. The van der Waals surface area contributed by atoms with E-state index in [0.29, 0.717) is 6.42 Å². The molecule has 84 valence electrons. The first-order valence-electron chi connectivity index (χ1n) is 5.41. The Labute approximate surface area is 96.0 Å². The first-order chi connectivity index (χ1) is 7.69. The molecule has 0 spiro atoms. The Hall–Kier alpha value is -1.70. The van der Waals surface area contributed by atoms with E-state index in [1.54, 1.807) is 13.0 Å². The quantitative estimate of drug-likeness (QED) is 0.541. The zero-order valence-corrected chi connectivity index (χ0v) is 9.48. The summed E-state index contributed by atoms with van der Waals surface area (Å²) in [5.41, 5.74) is 0.895. The summed E-state index contributed by atoms with van der Waals surface area (Å²) >= 11 is 0. The van der Waals surface area contributed by atoms with Crippen molar-refractivity contribution in [1.82, 2.24) is 0 Å². The second-order valence-electron chi connectivity index (χ2n) is 3.66. The van der Waals surface area contributed by atoms with Crippen LogP contribution < -0.4 is 0 Å². The number of benzene rings is 1. The van der Waals surface area contributed by atoms with E-state index in [2.05, 4.69) is 6.58 Å². The Morgan fingerprint density at radius 3 is 2.44 bits per heavy atom. The lowest BCUT2D eigenvalue weighted by molar-refractivity contribution is -0.127. The number of Topliss-reactive ketones (excluding diaryl/α,β-unsaturated/α-hetero) is 2. The summed E-state index contributed by atoms with van der Waals surface area (Å²) in [6.45, 7) is 5.42. The van der Waals surface area contributed by atoms with Crippen molar-refractivity contribution in [2.75, 3.05) is 0 Å². The van der Waals surface area contributed by atoms with Gasteiger partial charge in [-0.2, -0.15) is 0 Å². The third kappa shape index (κ3) is 3.16. The van der Waals surface area contributed by atoms with Crippen LogP contribution >= 0.6 is 0 Å². The lowest BCUT2D eigenvalue weighted by Gasteiger charge is -2.10. The molecule has 1 aromatic rings. The first kappa shape index (κ1) is 12.4. The van der Waals surface area contributed by atoms with Crippen LogP contribution in [0.3, 0.4) is 0 Å². The minimum atomic E-state index is -0.364. The molecule has 1 unspecified atom stereocenters. The molecule has 0 aliphatic rings. The van der Waals surface area contributed by atoms with Gasteiger partial charge < -0.3 is 0 Å². The van der Waals surface area contributed by atoms with Gasteiger partial charge in [0.15, 0.2) is 5.78 Å². The van der Waals surface area contributed by atoms with Gasteiger partial charge >= 0.3 is 0 Å². The average molecular weight is 216 g/mol. The fourth-order valence-electron chi connectivity index (χ4n) is 1.54. The summed E-state index contributed by atoms with van der Waals surface area (Å²) in [5.74, 6) is -0.461. The second-order valence-corrected chi connectivity index (χ2v) is 3.66. The molecule has 0 amide bonds. The van der Waals surface area contributed by atoms with Gasteiger partial charge in [-0.05, 0) is 5.56 Å². The van der Waals surface area contributed by atoms with E-state index in [-0.39, 0.29) is 23.9 Å². The van der Waals surface area contributed by atoms with Crippen LogP contribution in [0, 0.1) is 0 Å². The van der Waals surface area contributed by atoms with Gasteiger partial charge in [-0.3, -0.25) is 9.59 Å². The molecule has 2 heteroatoms. The monoisotopic (exact) mass is 216 g/mol. The van der Waals surface area contributed by atoms with Crippen molar-refractivity contribution in [3.8, 4) is 0 Å². The molecule has 0 aliphatic carbocycles. The zero-order chi connectivity index (χ0) is 12.0. The molecule has 0 saturated carbocycles. The molecule has 1 aromatic carbocycles. The van der Waals surface area contributed by atoms with E-state index in [1.165, 1.54) is 0 Å². The largest absolute Gasteiger partial charge is 0.299 e. The van der Waals surface area contributed by atoms with Crippen LogP contribution in [0.2, 0.25) is 0 Å². The number of carbonyl (C=O) groups is 2. The fourth-order valence-corrected chi connectivity index (χ4v) is 1.54. The normalized spacial score (nSPS) is 11.8. The van der Waals surface area contributed by atoms with E-state index < -0.39 is 0 Å². The summed E-state index contributed by atoms with van der Waals surface area (Å²) in [4.78, 5) is 23.1. The number of carbonyl (C=O) groups excluding carboxylic acids is 2. The molecule has 0 saturated heterocycles. The summed E-state index contributed by atoms with van der Waals surface area (Å²) in [5, 5.41) is 0. The molecule has 0 aromatic heterocycles. The maximum Gasteiger partial charge on any atom is 0.151 e. The molecule has 16 heavy (non-hydrogen) atoms. The minimum absolute atomic E-state index is 0.00206. The first-order valence-corrected chi connectivity index (χ1v) is 5.41. The van der Waals surface area contributed by atoms with Crippen molar-refractivity contribution in [2.45, 2.75) is 25.7 Å². The number of hydrogen-bond donors (Lipinski definition) is 0. The van der Waals surface area contributed by atoms with Crippen LogP contribution in [0.15, 0.2) is 43.0 Å². The van der Waals surface area contributed by atoms with Gasteiger partial charge in [0.1, 0.15) is 5.78 Å². The highest BCUT2D eigenvalue weighted by Gasteiger charge is 2.18. The maximum atomic E-state index is 11.9. The van der Waals surface area contributed by atoms with Crippen LogP contribution in [-0.2, 0) is 9.59 Å². The lowest BCUT2D eigenvalue weighted by atomic mass is 9.92. The zero-order valence-electron chi connectivity index (χ0n) is 9.48. The van der Waals surface area contributed by atoms with E-state index in [1.807, 2.05) is 30.3 Å². The summed E-state index contributed by atoms with van der Waals surface area (Å²) < 4.78 is 0. The minimum Gasteiger partial charge on any atom is -0.299 e. The Kier molecular flexibility index (Phi) is 4.65. The average Bonchev–Trinajstić information content (AvgIpc) is 2.31. The van der Waals surface area contributed by atoms with Crippen LogP contribution in [0.5, 0.6) is 0 Å². The van der Waals surface area contributed by atoms with Gasteiger partial charge in [-0.25, -0.2) is 0 Å². The van der Waals surface area contributed by atoms with Crippen molar-refractivity contribution >= 4 is 11.6 Å². The van der Waals surface area contributed by atoms with E-state index in [0.717, 1.165) is 5.56 Å². The summed E-state index contributed by atoms with van der Waals surface area (Å²) in [7, 11) is 0. The Morgan fingerprint density at radius 1 is 1.31 bits per heavy atom. The Balaban J connectivity index is 2.79. The number of hydrogen-bond acceptors (Lipinski definition) is 2. The number of allylic oxidation sites excluding steroid dienone is 1. The van der Waals surface area contributed by atoms with Gasteiger partial charge in [0.25, 0.3) is 0 Å². The smallest absolute Gasteiger partial charge is 0.151 e. The summed E-state index contributed by atoms with van der Waals surface area (Å²) in [6.07, 6.45) is 2.01. The van der Waals surface area contributed by atoms with Gasteiger partial charge in [-0.15, -0.1) is 6.58 Å². The van der Waals surface area contributed by atoms with Crippen LogP contribution in [-0.4, -0.2) is 11.6 Å². The van der Waals surface area contributed by atoms with Crippen molar-refractivity contribution < 1.29 is 9.59 Å². The van der Waals surface area contributed by atoms with Gasteiger partial charge in [-0.1, -0.05) is 43.3 Å². The predicted octanol–water partition coefficient (Wildman–Crippen LogP) is 2.89. The lowest BCUT2D eigenvalue weighted by Crippen LogP contribution is -2.14. The SMILES string of the molecule is C=CC(C(=O)CC(=O)CC)c1ccccc1. The van der Waals surface area contributed by atoms with Crippen LogP contribution in [0.1, 0.15) is 31.2 Å². The van der Waals surface area contributed by atoms with E-state index >= 15 is 0 Å². The maximum absolute atomic E-state index is 11.9. The molecular weight excluding hydrogens is 200 g/mol. The molecule has 0 bridgehead atoms. The number of ketones is 2. The van der Waals surface area contributed by atoms with Gasteiger partial charge in [0.2, 0.25) is 0 Å². The molecule has 0 radical (unpaired) electrons. The topological polar surface area (TPSA) is 34.1 Å². The van der Waals surface area contributed by atoms with Crippen molar-refractivity contribution in [3.63, 3.8) is 0 Å². The van der Waals surface area contributed by atoms with Crippen molar-refractivity contribution in [2.24, 2.45) is 0 Å². The molecule has 0 N–H and O–H groups in total. The third-order valence-electron chi connectivity index (χ3n) is 2.51. The molecule has 0 aliphatic heterocycles. The second kappa shape index (κ2) is 6.01. The fraction of sp³-hybridized carbons (Fsp3) is 0.286. The molecule has 2 nitrogen and oxygen atoms in total. The highest BCUT2D eigenvalue weighted by Crippen LogP contribution is 2.19. The Bertz CT molecular complexity index is 379. The molecule has 0 fully saturated rings. The molecule has 1 atom stereocenters. The Morgan fingerprint density at radius 2 is 1.94 bits per heavy atom. The molecule has 1 rings (SSSR count). The predicted molar refractivity (Wildman–Crippen MR) is 64.3 cm³/mol. The molecule has 0 heterocycles. The van der Waals surface area contributed by atoms with E-state index in [4.69, 9.17) is 0 Å². The van der Waals surface area contributed by atoms with E-state index in [9.17, 15) is 9.59 Å². The molecular formula is C14H16O2. The van der Waals surface area contributed by atoms with Crippen LogP contribution in [0.25, 0.3) is 0 Å². The van der Waals surface area contributed by atoms with Gasteiger partial charge in [0, 0.05) is 6.42 Å². The number of rotatable bonds is 6. The van der Waals surface area contributed by atoms with Crippen molar-refractivity contribution in [3.05, 3.63) is 48.6 Å². The van der Waals surface area contributed by atoms with Crippen molar-refractivity contribution in [1.29, 1.82) is 0 Å². The third-order valence-corrected chi connectivity index (χ3v) is 2.51. The summed E-state index contributed by atoms with van der Waals surface area (Å²) in [6, 6.07) is 9.40. The highest BCUT2D eigenvalue weighted by atomic mass is 16.1. The standard InChI is InChI=1S/C14H16O2/c1-3-12(15)10-14(16)13(4-2)11-8-6-5-7-9-11/h4-9,13H,2-3,10H2,1H3. The van der Waals surface area contributed by atoms with Crippen LogP contribution in [0.4, 0.5) is 0 Å². The van der Waals surface area contributed by atoms with Gasteiger partial charge in [0.05, 0.1) is 12.3 Å².